The van der Waals surface area contributed by atoms with Crippen LogP contribution in [-0.4, -0.2) is 34.8 Å². The number of carbonyl (C=O) groups is 1. The molecule has 0 aliphatic carbocycles. The second-order valence-electron chi connectivity index (χ2n) is 8.16. The summed E-state index contributed by atoms with van der Waals surface area (Å²) >= 11 is 1.37. The van der Waals surface area contributed by atoms with Crippen LogP contribution in [0.2, 0.25) is 0 Å². The minimum Gasteiger partial charge on any atom is -0.490 e. The van der Waals surface area contributed by atoms with E-state index in [4.69, 9.17) is 13.9 Å². The Kier molecular flexibility index (Phi) is 7.00. The highest BCUT2D eigenvalue weighted by atomic mass is 32.1. The molecular formula is C23H29N3O4S. The Labute approximate surface area is 186 Å². The van der Waals surface area contributed by atoms with E-state index in [1.807, 2.05) is 45.0 Å². The summed E-state index contributed by atoms with van der Waals surface area (Å²) in [5.74, 6) is 1.27. The van der Waals surface area contributed by atoms with Crippen LogP contribution in [0.25, 0.3) is 23.3 Å². The fourth-order valence-electron chi connectivity index (χ4n) is 2.79. The zero-order chi connectivity index (χ0) is 22.6. The Hall–Kier alpha value is -2.87. The van der Waals surface area contributed by atoms with Gasteiger partial charge in [0.05, 0.1) is 6.10 Å². The smallest absolute Gasteiger partial charge is 0.416 e. The molecule has 0 saturated heterocycles. The van der Waals surface area contributed by atoms with Gasteiger partial charge in [0.2, 0.25) is 5.89 Å². The lowest BCUT2D eigenvalue weighted by atomic mass is 10.2. The molecule has 2 aromatic heterocycles. The normalized spacial score (nSPS) is 12.1. The number of aromatic nitrogens is 2. The van der Waals surface area contributed by atoms with Crippen LogP contribution in [0.5, 0.6) is 5.75 Å². The van der Waals surface area contributed by atoms with Gasteiger partial charge in [-0.3, -0.25) is 4.90 Å². The molecule has 3 rings (SSSR count). The summed E-state index contributed by atoms with van der Waals surface area (Å²) in [6.07, 6.45) is 7.00. The van der Waals surface area contributed by atoms with Gasteiger partial charge in [-0.25, -0.2) is 14.8 Å². The van der Waals surface area contributed by atoms with Crippen molar-refractivity contribution in [2.75, 3.05) is 11.9 Å². The van der Waals surface area contributed by atoms with E-state index in [1.165, 1.54) is 16.2 Å². The summed E-state index contributed by atoms with van der Waals surface area (Å²) in [6.45, 7) is 9.71. The molecule has 8 heteroatoms. The van der Waals surface area contributed by atoms with Gasteiger partial charge in [0.25, 0.3) is 0 Å². The first-order chi connectivity index (χ1) is 14.7. The number of hydrogen-bond acceptors (Lipinski definition) is 7. The van der Waals surface area contributed by atoms with Gasteiger partial charge in [0.15, 0.2) is 10.7 Å². The van der Waals surface area contributed by atoms with E-state index >= 15 is 0 Å². The summed E-state index contributed by atoms with van der Waals surface area (Å²) in [4.78, 5) is 23.3. The van der Waals surface area contributed by atoms with Gasteiger partial charge in [0, 0.05) is 30.3 Å². The molecule has 2 heterocycles. The van der Waals surface area contributed by atoms with Crippen molar-refractivity contribution < 1.29 is 18.7 Å². The molecule has 1 amide bonds. The van der Waals surface area contributed by atoms with Crippen molar-refractivity contribution in [2.24, 2.45) is 0 Å². The van der Waals surface area contributed by atoms with E-state index < -0.39 is 11.7 Å². The molecule has 0 bridgehead atoms. The van der Waals surface area contributed by atoms with Crippen LogP contribution in [0.3, 0.4) is 0 Å². The molecule has 0 fully saturated rings. The third kappa shape index (κ3) is 6.07. The zero-order valence-electron chi connectivity index (χ0n) is 18.8. The molecule has 0 aliphatic rings. The van der Waals surface area contributed by atoms with E-state index in [-0.39, 0.29) is 6.10 Å². The van der Waals surface area contributed by atoms with Crippen LogP contribution < -0.4 is 9.64 Å². The van der Waals surface area contributed by atoms with Crippen LogP contribution >= 0.6 is 11.3 Å². The molecule has 3 aromatic rings. The summed E-state index contributed by atoms with van der Waals surface area (Å²) in [7, 11) is 1.64. The topological polar surface area (TPSA) is 77.7 Å². The van der Waals surface area contributed by atoms with Crippen molar-refractivity contribution in [2.45, 2.75) is 59.2 Å². The van der Waals surface area contributed by atoms with Crippen molar-refractivity contribution in [1.82, 2.24) is 9.97 Å². The van der Waals surface area contributed by atoms with Crippen molar-refractivity contribution >= 4 is 45.8 Å². The number of carbonyl (C=O) groups excluding carboxylic acids is 1. The van der Waals surface area contributed by atoms with Crippen LogP contribution in [0, 0.1) is 0 Å². The number of benzene rings is 1. The van der Waals surface area contributed by atoms with Gasteiger partial charge >= 0.3 is 6.09 Å². The largest absolute Gasteiger partial charge is 0.490 e. The van der Waals surface area contributed by atoms with Gasteiger partial charge in [-0.05, 0) is 51.8 Å². The number of amides is 1. The summed E-state index contributed by atoms with van der Waals surface area (Å²) in [6, 6.07) is 5.69. The fraction of sp³-hybridized carbons (Fsp3) is 0.435. The number of rotatable bonds is 7. The monoisotopic (exact) mass is 443 g/mol. The van der Waals surface area contributed by atoms with E-state index in [1.54, 1.807) is 19.3 Å². The van der Waals surface area contributed by atoms with Gasteiger partial charge in [-0.2, -0.15) is 0 Å². The fourth-order valence-corrected chi connectivity index (χ4v) is 3.56. The molecule has 0 N–H and O–H groups in total. The van der Waals surface area contributed by atoms with E-state index in [2.05, 4.69) is 23.8 Å². The minimum absolute atomic E-state index is 0.194. The number of ether oxygens (including phenoxy) is 2. The SMILES string of the molecule is CCC(CC)Oc1ccc2nc(/C=C/c3cnc(N(C)C(=O)OC(C)(C)C)s3)oc2c1. The standard InChI is InChI=1S/C23H29N3O4S/c1-7-15(8-2)28-16-9-11-18-19(13-16)29-20(25-18)12-10-17-14-24-21(31-17)26(6)22(27)30-23(3,4)5/h9-15H,7-8H2,1-6H3/b12-10+. The maximum absolute atomic E-state index is 12.2. The Morgan fingerprint density at radius 2 is 2.00 bits per heavy atom. The Morgan fingerprint density at radius 3 is 2.68 bits per heavy atom. The second-order valence-corrected chi connectivity index (χ2v) is 9.20. The predicted molar refractivity (Wildman–Crippen MR) is 125 cm³/mol. The number of nitrogens with zero attached hydrogens (tertiary/aromatic N) is 3. The number of oxazole rings is 1. The number of thiazole rings is 1. The van der Waals surface area contributed by atoms with Crippen molar-refractivity contribution in [3.8, 4) is 5.75 Å². The van der Waals surface area contributed by atoms with Gasteiger partial charge in [-0.15, -0.1) is 0 Å². The molecule has 1 aromatic carbocycles. The Bertz CT molecular complexity index is 1060. The molecule has 0 atom stereocenters. The first kappa shape index (κ1) is 22.8. The number of hydrogen-bond donors (Lipinski definition) is 0. The lowest BCUT2D eigenvalue weighted by Gasteiger charge is -2.23. The molecular weight excluding hydrogens is 414 g/mol. The van der Waals surface area contributed by atoms with Crippen LogP contribution in [0.15, 0.2) is 28.8 Å². The number of anilines is 1. The summed E-state index contributed by atoms with van der Waals surface area (Å²) in [5, 5.41) is 0.551. The Morgan fingerprint density at radius 1 is 1.26 bits per heavy atom. The molecule has 0 radical (unpaired) electrons. The summed E-state index contributed by atoms with van der Waals surface area (Å²) in [5.41, 5.74) is 0.890. The quantitative estimate of drug-likeness (QED) is 0.421. The van der Waals surface area contributed by atoms with Gasteiger partial charge in [0.1, 0.15) is 16.9 Å². The van der Waals surface area contributed by atoms with Crippen molar-refractivity contribution in [1.29, 1.82) is 0 Å². The summed E-state index contributed by atoms with van der Waals surface area (Å²) < 4.78 is 17.2. The van der Waals surface area contributed by atoms with Crippen LogP contribution in [0.4, 0.5) is 9.93 Å². The maximum Gasteiger partial charge on any atom is 0.416 e. The highest BCUT2D eigenvalue weighted by molar-refractivity contribution is 7.16. The highest BCUT2D eigenvalue weighted by Crippen LogP contribution is 2.27. The van der Waals surface area contributed by atoms with Crippen molar-refractivity contribution in [3.05, 3.63) is 35.2 Å². The minimum atomic E-state index is -0.558. The first-order valence-corrected chi connectivity index (χ1v) is 11.2. The van der Waals surface area contributed by atoms with Crippen molar-refractivity contribution in [3.63, 3.8) is 0 Å². The number of fused-ring (bicyclic) bond motifs is 1. The van der Waals surface area contributed by atoms with Crippen LogP contribution in [0.1, 0.15) is 58.2 Å². The molecule has 0 unspecified atom stereocenters. The van der Waals surface area contributed by atoms with E-state index in [9.17, 15) is 4.79 Å². The first-order valence-electron chi connectivity index (χ1n) is 10.4. The third-order valence-electron chi connectivity index (χ3n) is 4.45. The molecule has 7 nitrogen and oxygen atoms in total. The van der Waals surface area contributed by atoms with Crippen LogP contribution in [-0.2, 0) is 4.74 Å². The molecule has 0 aliphatic heterocycles. The molecule has 0 saturated carbocycles. The predicted octanol–water partition coefficient (Wildman–Crippen LogP) is 6.39. The second kappa shape index (κ2) is 9.51. The van der Waals surface area contributed by atoms with E-state index in [0.29, 0.717) is 16.6 Å². The zero-order valence-corrected chi connectivity index (χ0v) is 19.7. The lowest BCUT2D eigenvalue weighted by molar-refractivity contribution is 0.0589. The molecule has 0 spiro atoms. The van der Waals surface area contributed by atoms with Gasteiger partial charge in [-0.1, -0.05) is 25.2 Å². The molecule has 166 valence electrons. The lowest BCUT2D eigenvalue weighted by Crippen LogP contribution is -2.34. The third-order valence-corrected chi connectivity index (χ3v) is 5.48. The van der Waals surface area contributed by atoms with E-state index in [0.717, 1.165) is 29.0 Å². The van der Waals surface area contributed by atoms with Gasteiger partial charge < -0.3 is 13.9 Å². The Balaban J connectivity index is 1.70. The maximum atomic E-state index is 12.2. The molecule has 31 heavy (non-hydrogen) atoms. The average Bonchev–Trinajstić information content (AvgIpc) is 3.34. The highest BCUT2D eigenvalue weighted by Gasteiger charge is 2.22. The average molecular weight is 444 g/mol.